The fraction of sp³-hybridized carbons (Fsp3) is 0.179. The van der Waals surface area contributed by atoms with Crippen LogP contribution in [0.2, 0.25) is 0 Å². The number of hydrogen-bond acceptors (Lipinski definition) is 5. The molecule has 3 rings (SSSR count). The highest BCUT2D eigenvalue weighted by Gasteiger charge is 2.15. The van der Waals surface area contributed by atoms with E-state index in [2.05, 4.69) is 12.6 Å². The van der Waals surface area contributed by atoms with Crippen LogP contribution in [0.25, 0.3) is 11.6 Å². The molecule has 0 saturated carbocycles. The summed E-state index contributed by atoms with van der Waals surface area (Å²) >= 11 is 0. The van der Waals surface area contributed by atoms with Crippen molar-refractivity contribution in [3.8, 4) is 17.6 Å². The smallest absolute Gasteiger partial charge is 0.269 e. The molecule has 3 aromatic carbocycles. The van der Waals surface area contributed by atoms with E-state index in [-0.39, 0.29) is 12.3 Å². The third-order valence-electron chi connectivity index (χ3n) is 5.12. The molecule has 0 aliphatic heterocycles. The highest BCUT2D eigenvalue weighted by atomic mass is 16.6. The zero-order chi connectivity index (χ0) is 24.5. The molecular formula is C28H26N2O4. The van der Waals surface area contributed by atoms with E-state index in [9.17, 15) is 15.4 Å². The van der Waals surface area contributed by atoms with Gasteiger partial charge in [0, 0.05) is 17.7 Å². The largest absolute Gasteiger partial charge is 0.490 e. The molecule has 0 aliphatic rings. The monoisotopic (exact) mass is 454 g/mol. The molecule has 0 spiro atoms. The molecule has 0 bridgehead atoms. The van der Waals surface area contributed by atoms with Gasteiger partial charge in [-0.05, 0) is 55.2 Å². The number of allylic oxidation sites excluding steroid dienone is 2. The second-order valence-corrected chi connectivity index (χ2v) is 7.68. The summed E-state index contributed by atoms with van der Waals surface area (Å²) in [6.07, 6.45) is 4.12. The number of nitro groups is 1. The van der Waals surface area contributed by atoms with Gasteiger partial charge in [0.05, 0.1) is 23.2 Å². The van der Waals surface area contributed by atoms with Gasteiger partial charge in [0.15, 0.2) is 11.5 Å². The van der Waals surface area contributed by atoms with Gasteiger partial charge in [-0.2, -0.15) is 5.26 Å². The molecule has 6 heteroatoms. The van der Waals surface area contributed by atoms with Gasteiger partial charge in [-0.25, -0.2) is 0 Å². The molecule has 0 saturated heterocycles. The lowest BCUT2D eigenvalue weighted by atomic mass is 10.00. The van der Waals surface area contributed by atoms with Crippen LogP contribution < -0.4 is 9.47 Å². The van der Waals surface area contributed by atoms with Gasteiger partial charge >= 0.3 is 0 Å². The predicted octanol–water partition coefficient (Wildman–Crippen LogP) is 6.67. The van der Waals surface area contributed by atoms with Gasteiger partial charge in [0.2, 0.25) is 0 Å². The van der Waals surface area contributed by atoms with Crippen LogP contribution in [0.3, 0.4) is 0 Å². The van der Waals surface area contributed by atoms with Crippen LogP contribution in [-0.4, -0.2) is 11.5 Å². The highest BCUT2D eigenvalue weighted by molar-refractivity contribution is 5.90. The van der Waals surface area contributed by atoms with E-state index in [1.165, 1.54) is 12.1 Å². The minimum atomic E-state index is -0.430. The molecule has 0 fully saturated rings. The summed E-state index contributed by atoms with van der Waals surface area (Å²) in [6, 6.07) is 20.2. The second-order valence-electron chi connectivity index (χ2n) is 7.68. The minimum Gasteiger partial charge on any atom is -0.490 e. The molecule has 3 aromatic rings. The maximum absolute atomic E-state index is 11.1. The maximum atomic E-state index is 11.1. The van der Waals surface area contributed by atoms with Crippen LogP contribution in [0.15, 0.2) is 73.3 Å². The third-order valence-corrected chi connectivity index (χ3v) is 5.12. The SMILES string of the molecule is C=CCc1cc(/C=C(/C#N)c2ccc(C)cc2)cc(OCC)c1OCc1cccc([N+](=O)[O-])c1. The van der Waals surface area contributed by atoms with Crippen molar-refractivity contribution in [2.24, 2.45) is 0 Å². The molecule has 6 nitrogen and oxygen atoms in total. The fourth-order valence-electron chi connectivity index (χ4n) is 3.50. The summed E-state index contributed by atoms with van der Waals surface area (Å²) < 4.78 is 12.0. The number of nitro benzene ring substituents is 1. The number of ether oxygens (including phenoxy) is 2. The van der Waals surface area contributed by atoms with Crippen LogP contribution >= 0.6 is 0 Å². The first-order chi connectivity index (χ1) is 16.4. The number of aryl methyl sites for hydroxylation is 1. The molecular weight excluding hydrogens is 428 g/mol. The summed E-state index contributed by atoms with van der Waals surface area (Å²) in [5.41, 5.74) is 4.84. The first-order valence-corrected chi connectivity index (χ1v) is 10.9. The van der Waals surface area contributed by atoms with E-state index in [0.717, 1.165) is 22.3 Å². The molecule has 0 atom stereocenters. The van der Waals surface area contributed by atoms with E-state index >= 15 is 0 Å². The quantitative estimate of drug-likeness (QED) is 0.112. The molecule has 0 aliphatic carbocycles. The number of rotatable bonds is 10. The Morgan fingerprint density at radius 3 is 2.56 bits per heavy atom. The highest BCUT2D eigenvalue weighted by Crippen LogP contribution is 2.36. The Morgan fingerprint density at radius 1 is 1.15 bits per heavy atom. The van der Waals surface area contributed by atoms with Crippen LogP contribution in [0.4, 0.5) is 5.69 Å². The Kier molecular flexibility index (Phi) is 8.20. The Morgan fingerprint density at radius 2 is 1.91 bits per heavy atom. The summed E-state index contributed by atoms with van der Waals surface area (Å²) in [5, 5.41) is 20.8. The lowest BCUT2D eigenvalue weighted by Crippen LogP contribution is -2.04. The lowest BCUT2D eigenvalue weighted by molar-refractivity contribution is -0.384. The molecule has 172 valence electrons. The van der Waals surface area contributed by atoms with Gasteiger partial charge in [0.1, 0.15) is 6.61 Å². The van der Waals surface area contributed by atoms with Crippen molar-refractivity contribution in [2.75, 3.05) is 6.61 Å². The Bertz CT molecular complexity index is 1250. The van der Waals surface area contributed by atoms with E-state index in [1.54, 1.807) is 18.2 Å². The summed E-state index contributed by atoms with van der Waals surface area (Å²) in [7, 11) is 0. The Balaban J connectivity index is 1.99. The maximum Gasteiger partial charge on any atom is 0.269 e. The van der Waals surface area contributed by atoms with Crippen LogP contribution in [0.1, 0.15) is 34.7 Å². The average molecular weight is 455 g/mol. The van der Waals surface area contributed by atoms with E-state index in [1.807, 2.05) is 56.3 Å². The van der Waals surface area contributed by atoms with Crippen LogP contribution in [0.5, 0.6) is 11.5 Å². The lowest BCUT2D eigenvalue weighted by Gasteiger charge is -2.17. The standard InChI is InChI=1S/C28H26N2O4/c1-4-7-24-14-22(15-25(18-29)23-12-10-20(3)11-13-23)17-27(33-5-2)28(24)34-19-21-8-6-9-26(16-21)30(31)32/h4,6,8-17H,1,5,7,19H2,2-3H3/b25-15-. The van der Waals surface area contributed by atoms with E-state index < -0.39 is 4.92 Å². The van der Waals surface area contributed by atoms with Gasteiger partial charge in [0.25, 0.3) is 5.69 Å². The predicted molar refractivity (Wildman–Crippen MR) is 134 cm³/mol. The topological polar surface area (TPSA) is 85.4 Å². The third kappa shape index (κ3) is 6.11. The minimum absolute atomic E-state index is 0.0121. The van der Waals surface area contributed by atoms with Crippen molar-refractivity contribution < 1.29 is 14.4 Å². The molecule has 0 unspecified atom stereocenters. The molecule has 0 N–H and O–H groups in total. The van der Waals surface area contributed by atoms with Gasteiger partial charge < -0.3 is 9.47 Å². The second kappa shape index (κ2) is 11.5. The molecule has 0 heterocycles. The van der Waals surface area contributed by atoms with Gasteiger partial charge in [-0.1, -0.05) is 48.0 Å². The first kappa shape index (κ1) is 24.3. The molecule has 0 aromatic heterocycles. The van der Waals surface area contributed by atoms with Crippen LogP contribution in [-0.2, 0) is 13.0 Å². The Labute approximate surface area is 199 Å². The van der Waals surface area contributed by atoms with Crippen molar-refractivity contribution >= 4 is 17.3 Å². The molecule has 34 heavy (non-hydrogen) atoms. The zero-order valence-electron chi connectivity index (χ0n) is 19.3. The summed E-state index contributed by atoms with van der Waals surface area (Å²) in [5.74, 6) is 1.10. The average Bonchev–Trinajstić information content (AvgIpc) is 2.83. The van der Waals surface area contributed by atoms with Crippen molar-refractivity contribution in [1.82, 2.24) is 0 Å². The first-order valence-electron chi connectivity index (χ1n) is 10.9. The van der Waals surface area contributed by atoms with Crippen molar-refractivity contribution in [2.45, 2.75) is 26.9 Å². The van der Waals surface area contributed by atoms with Crippen molar-refractivity contribution in [3.05, 3.63) is 111 Å². The van der Waals surface area contributed by atoms with Crippen molar-refractivity contribution in [1.29, 1.82) is 5.26 Å². The number of benzene rings is 3. The molecule has 0 amide bonds. The van der Waals surface area contributed by atoms with Crippen LogP contribution in [0, 0.1) is 28.4 Å². The van der Waals surface area contributed by atoms with E-state index in [4.69, 9.17) is 9.47 Å². The number of nitriles is 1. The van der Waals surface area contributed by atoms with Gasteiger partial charge in [-0.15, -0.1) is 6.58 Å². The normalized spacial score (nSPS) is 10.9. The zero-order valence-corrected chi connectivity index (χ0v) is 19.3. The number of non-ortho nitro benzene ring substituents is 1. The van der Waals surface area contributed by atoms with Crippen molar-refractivity contribution in [3.63, 3.8) is 0 Å². The summed E-state index contributed by atoms with van der Waals surface area (Å²) in [4.78, 5) is 10.7. The summed E-state index contributed by atoms with van der Waals surface area (Å²) in [6.45, 7) is 8.30. The number of hydrogen-bond donors (Lipinski definition) is 0. The Hall–Kier alpha value is -4.37. The molecule has 0 radical (unpaired) electrons. The van der Waals surface area contributed by atoms with E-state index in [0.29, 0.717) is 35.7 Å². The van der Waals surface area contributed by atoms with Gasteiger partial charge in [-0.3, -0.25) is 10.1 Å². The fourth-order valence-corrected chi connectivity index (χ4v) is 3.50. The number of nitrogens with zero attached hydrogens (tertiary/aromatic N) is 2.